The SMILES string of the molecule is O=C(Cc1ccsc1)Nc1ccc2[nH]nc(-c3cn4ccccc4n3)c2c1.O=C(Nc1ccc2[nH]nc(-c3cc4cc(F)ccc4o3)c2c1)C1CC1.O=C(Nc1ccc2[nH]nc(-c3cn4ccccc4n3)c2c1)C1CCc2ccccc2C1.c1ccc2c(c1)CCN2Cc1ccc2[nH]nc(-c3ccc4ccccc4c3)c2c1.c1ccc2cc(-c3n[nH]c4ccc(CN5CCOCC5)cc34)ccc2c1. The molecule has 138 heavy (non-hydrogen) atoms. The molecule has 26 heteroatoms. The molecule has 0 radical (unpaired) electrons. The second-order valence-electron chi connectivity index (χ2n) is 35.5. The number of thiophene rings is 1. The van der Waals surface area contributed by atoms with E-state index in [0.717, 1.165) is 207 Å². The van der Waals surface area contributed by atoms with Gasteiger partial charge < -0.3 is 38.8 Å². The van der Waals surface area contributed by atoms with Gasteiger partial charge in [0.05, 0.1) is 58.6 Å². The predicted molar refractivity (Wildman–Crippen MR) is 546 cm³/mol. The van der Waals surface area contributed by atoms with Gasteiger partial charge in [-0.1, -0.05) is 140 Å². The van der Waals surface area contributed by atoms with Crippen LogP contribution < -0.4 is 20.9 Å². The summed E-state index contributed by atoms with van der Waals surface area (Å²) in [5.74, 6) is 0.479. The number of carbonyl (C=O) groups is 3. The van der Waals surface area contributed by atoms with Gasteiger partial charge in [0.1, 0.15) is 51.2 Å². The van der Waals surface area contributed by atoms with Crippen molar-refractivity contribution in [1.29, 1.82) is 0 Å². The first-order valence-corrected chi connectivity index (χ1v) is 47.4. The molecule has 3 amide bonds. The molecular weight excluding hydrogens is 1740 g/mol. The fourth-order valence-electron chi connectivity index (χ4n) is 18.9. The molecule has 4 aliphatic rings. The number of nitrogens with zero attached hydrogens (tertiary/aromatic N) is 11. The number of morpholine rings is 1. The van der Waals surface area contributed by atoms with E-state index in [0.29, 0.717) is 28.8 Å². The summed E-state index contributed by atoms with van der Waals surface area (Å²) in [7, 11) is 0. The molecule has 678 valence electrons. The number of ether oxygens (including phenoxy) is 1. The number of aryl methyl sites for hydroxylation is 1. The van der Waals surface area contributed by atoms with Crippen LogP contribution in [0.2, 0.25) is 0 Å². The van der Waals surface area contributed by atoms with E-state index in [-0.39, 0.29) is 35.4 Å². The zero-order valence-corrected chi connectivity index (χ0v) is 75.8. The molecule has 1 unspecified atom stereocenters. The van der Waals surface area contributed by atoms with Crippen molar-refractivity contribution in [2.24, 2.45) is 11.8 Å². The minimum absolute atomic E-state index is 0.00661. The van der Waals surface area contributed by atoms with Crippen molar-refractivity contribution >= 4 is 150 Å². The second kappa shape index (κ2) is 37.6. The quantitative estimate of drug-likeness (QED) is 0.0446. The molecule has 24 nitrogen and oxygen atoms in total. The summed E-state index contributed by atoms with van der Waals surface area (Å²) in [4.78, 5) is 51.5. The Morgan fingerprint density at radius 2 is 0.920 bits per heavy atom. The Bertz CT molecular complexity index is 8430. The number of hydrogen-bond acceptors (Lipinski definition) is 15. The van der Waals surface area contributed by atoms with E-state index < -0.39 is 0 Å². The lowest BCUT2D eigenvalue weighted by molar-refractivity contribution is -0.120. The highest BCUT2D eigenvalue weighted by Gasteiger charge is 2.31. The van der Waals surface area contributed by atoms with E-state index in [9.17, 15) is 18.8 Å². The molecule has 1 saturated carbocycles. The lowest BCUT2D eigenvalue weighted by Crippen LogP contribution is -2.35. The molecule has 13 heterocycles. The standard InChI is InChI=1S/C26H21N3.C25H21N5O.C22H21N3O.C20H15N5OS.C19H14FN3O2/c1-2-7-21-16-22(11-10-19(21)5-1)26-23-15-18(9-12-24(23)27-28-26)17-29-14-13-20-6-3-4-8-25(20)29;31-25(18-9-8-16-5-1-2-6-17(16)13-18)26-19-10-11-21-20(14-19)24(29-28-21)22-15-30-12-4-3-7-23(30)27-22;1-2-4-18-14-19(7-6-17(18)3-1)22-20-13-16(5-8-21(20)23-24-22)15-25-9-11-26-12-10-25;26-19(9-13-6-8-27-12-13)21-14-4-5-16-15(10-14)20(24-23-16)17-11-25-7-2-1-3-18(25)22-17;20-12-3-6-16-11(7-12)8-17(25-16)18-14-9-13(4-5-15(14)22-23-18)21-19(24)10-1-2-10/h1-12,15-16H,13-14,17H2,(H,27,28);1-7,10-12,14-15,18H,8-9,13H2,(H,26,31)(H,28,29);1-8,13-14H,9-12,15H2,(H,23,24);1-8,10-12H,9H2,(H,21,26)(H,23,24);3-10H,1-2H2,(H,21,24)(H,22,23). The summed E-state index contributed by atoms with van der Waals surface area (Å²) in [6.45, 7) is 6.63. The molecule has 0 bridgehead atoms. The summed E-state index contributed by atoms with van der Waals surface area (Å²) < 4.78 is 28.6. The number of para-hydroxylation sites is 1. The van der Waals surface area contributed by atoms with Crippen LogP contribution in [0.4, 0.5) is 27.1 Å². The number of aromatic nitrogens is 14. The van der Waals surface area contributed by atoms with E-state index in [2.05, 4.69) is 250 Å². The number of hydrogen-bond donors (Lipinski definition) is 8. The molecule has 2 fully saturated rings. The summed E-state index contributed by atoms with van der Waals surface area (Å²) in [5.41, 5.74) is 26.7. The maximum Gasteiger partial charge on any atom is 0.228 e. The number of fused-ring (bicyclic) bond motifs is 12. The van der Waals surface area contributed by atoms with E-state index >= 15 is 0 Å². The van der Waals surface area contributed by atoms with Crippen molar-refractivity contribution in [2.75, 3.05) is 53.7 Å². The number of halogens is 1. The first-order valence-electron chi connectivity index (χ1n) is 46.5. The number of H-pyrrole nitrogens is 5. The minimum Gasteiger partial charge on any atom is -0.454 e. The Morgan fingerprint density at radius 3 is 1.50 bits per heavy atom. The van der Waals surface area contributed by atoms with E-state index in [1.165, 1.54) is 78.0 Å². The summed E-state index contributed by atoms with van der Waals surface area (Å²) >= 11 is 1.59. The lowest BCUT2D eigenvalue weighted by atomic mass is 9.83. The third-order valence-corrected chi connectivity index (χ3v) is 26.9. The minimum atomic E-state index is -0.309. The fourth-order valence-corrected chi connectivity index (χ4v) is 19.5. The first-order chi connectivity index (χ1) is 67.9. The largest absolute Gasteiger partial charge is 0.454 e. The monoisotopic (exact) mass is 1830 g/mol. The molecular formula is C112H92FN19O5S. The van der Waals surface area contributed by atoms with Gasteiger partial charge in [-0.2, -0.15) is 36.8 Å². The molecule has 1 saturated heterocycles. The highest BCUT2D eigenvalue weighted by molar-refractivity contribution is 7.08. The maximum absolute atomic E-state index is 13.4. The molecule has 12 aromatic carbocycles. The second-order valence-corrected chi connectivity index (χ2v) is 36.3. The Labute approximate surface area is 794 Å². The third-order valence-electron chi connectivity index (χ3n) is 26.2. The zero-order chi connectivity index (χ0) is 92.5. The average Bonchev–Trinajstić information content (AvgIpc) is 1.63. The molecule has 1 atom stereocenters. The van der Waals surface area contributed by atoms with Gasteiger partial charge in [0.15, 0.2) is 5.76 Å². The van der Waals surface area contributed by atoms with Crippen molar-refractivity contribution in [1.82, 2.24) is 74.7 Å². The van der Waals surface area contributed by atoms with Crippen molar-refractivity contribution < 1.29 is 27.9 Å². The molecule has 2 aliphatic heterocycles. The van der Waals surface area contributed by atoms with E-state index in [1.807, 2.05) is 147 Å². The molecule has 23 aromatic rings. The topological polar surface area (TPSA) is 294 Å². The smallest absolute Gasteiger partial charge is 0.228 e. The van der Waals surface area contributed by atoms with Gasteiger partial charge in [-0.15, -0.1) is 0 Å². The maximum atomic E-state index is 13.4. The number of rotatable bonds is 16. The molecule has 0 spiro atoms. The van der Waals surface area contributed by atoms with Gasteiger partial charge in [0, 0.05) is 136 Å². The van der Waals surface area contributed by atoms with Crippen molar-refractivity contribution in [3.05, 3.63) is 366 Å². The summed E-state index contributed by atoms with van der Waals surface area (Å²) in [5, 5.41) is 61.7. The number of furan rings is 1. The number of aromatic amines is 5. The van der Waals surface area contributed by atoms with Gasteiger partial charge in [0.25, 0.3) is 0 Å². The third kappa shape index (κ3) is 18.2. The van der Waals surface area contributed by atoms with Crippen LogP contribution in [-0.4, -0.2) is 125 Å². The Morgan fingerprint density at radius 1 is 0.413 bits per heavy atom. The molecule has 11 aromatic heterocycles. The van der Waals surface area contributed by atoms with Gasteiger partial charge in [-0.05, 0) is 256 Å². The number of nitrogens with one attached hydrogen (secondary N) is 8. The van der Waals surface area contributed by atoms with E-state index in [4.69, 9.17) is 9.15 Å². The van der Waals surface area contributed by atoms with Crippen LogP contribution in [-0.2, 0) is 57.9 Å². The van der Waals surface area contributed by atoms with Crippen molar-refractivity contribution in [3.63, 3.8) is 0 Å². The van der Waals surface area contributed by atoms with Gasteiger partial charge >= 0.3 is 0 Å². The number of anilines is 4. The fraction of sp³-hybridized carbons (Fsp3) is 0.143. The average molecular weight is 1840 g/mol. The van der Waals surface area contributed by atoms with Crippen LogP contribution in [0.15, 0.2) is 331 Å². The normalized spacial score (nSPS) is 14.1. The van der Waals surface area contributed by atoms with Crippen molar-refractivity contribution in [3.8, 4) is 56.7 Å². The van der Waals surface area contributed by atoms with Crippen LogP contribution >= 0.6 is 11.3 Å². The lowest BCUT2D eigenvalue weighted by Gasteiger charge is -2.26. The van der Waals surface area contributed by atoms with Gasteiger partial charge in [0.2, 0.25) is 17.7 Å². The summed E-state index contributed by atoms with van der Waals surface area (Å²) in [6.07, 6.45) is 13.9. The number of imidazole rings is 2. The van der Waals surface area contributed by atoms with Crippen LogP contribution in [0.5, 0.6) is 0 Å². The number of carbonyl (C=O) groups excluding carboxylic acids is 3. The molecule has 8 N–H and O–H groups in total. The summed E-state index contributed by atoms with van der Waals surface area (Å²) in [6, 6.07) is 97.5. The Kier molecular flexibility index (Phi) is 23.2. The van der Waals surface area contributed by atoms with Crippen LogP contribution in [0, 0.1) is 17.7 Å². The van der Waals surface area contributed by atoms with Gasteiger partial charge in [-0.25, -0.2) is 14.4 Å². The van der Waals surface area contributed by atoms with Crippen LogP contribution in [0.25, 0.3) is 155 Å². The van der Waals surface area contributed by atoms with Crippen molar-refractivity contribution in [2.45, 2.75) is 58.0 Å². The Balaban J connectivity index is 0.0000000968. The molecule has 2 aliphatic carbocycles. The highest BCUT2D eigenvalue weighted by atomic mass is 32.1. The zero-order valence-electron chi connectivity index (χ0n) is 75.0. The molecule has 27 rings (SSSR count). The van der Waals surface area contributed by atoms with Crippen LogP contribution in [0.1, 0.15) is 52.6 Å². The highest BCUT2D eigenvalue weighted by Crippen LogP contribution is 2.40. The first kappa shape index (κ1) is 85.4. The van der Waals surface area contributed by atoms with Gasteiger partial charge in [-0.3, -0.25) is 44.8 Å². The number of amides is 3. The Hall–Kier alpha value is -16.8. The van der Waals surface area contributed by atoms with E-state index in [1.54, 1.807) is 23.5 Å². The number of pyridine rings is 2. The predicted octanol–water partition coefficient (Wildman–Crippen LogP) is 23.4. The van der Waals surface area contributed by atoms with Crippen LogP contribution in [0.3, 0.4) is 0 Å². The number of benzene rings is 12.